The summed E-state index contributed by atoms with van der Waals surface area (Å²) in [5, 5.41) is 2.52. The number of anilines is 1. The lowest BCUT2D eigenvalue weighted by Crippen LogP contribution is -2.14. The van der Waals surface area contributed by atoms with Gasteiger partial charge in [0.1, 0.15) is 28.0 Å². The summed E-state index contributed by atoms with van der Waals surface area (Å²) in [4.78, 5) is 31.6. The largest absolute Gasteiger partial charge is 0.316 e. The second-order valence-electron chi connectivity index (χ2n) is 4.94. The summed E-state index contributed by atoms with van der Waals surface area (Å²) in [6, 6.07) is 3.30. The first-order valence-electron chi connectivity index (χ1n) is 6.64. The van der Waals surface area contributed by atoms with Crippen LogP contribution in [0.5, 0.6) is 0 Å². The fourth-order valence-corrected chi connectivity index (χ4v) is 3.38. The van der Waals surface area contributed by atoms with E-state index in [0.29, 0.717) is 21.6 Å². The topological polar surface area (TPSA) is 74.8 Å². The zero-order chi connectivity index (χ0) is 16.7. The minimum Gasteiger partial charge on any atom is -0.316 e. The van der Waals surface area contributed by atoms with E-state index in [9.17, 15) is 18.4 Å². The number of benzene rings is 1. The van der Waals surface area contributed by atoms with E-state index in [-0.39, 0.29) is 10.4 Å². The average Bonchev–Trinajstić information content (AvgIpc) is 2.80. The number of thiophene rings is 1. The SMILES string of the molecule is Cc1nc2sc(C(=O)Nc3c(F)cccc3F)c(C)c2c(=O)[nH]1. The Balaban J connectivity index is 2.07. The number of halogens is 2. The van der Waals surface area contributed by atoms with Crippen LogP contribution in [0.25, 0.3) is 10.2 Å². The maximum Gasteiger partial charge on any atom is 0.266 e. The molecule has 23 heavy (non-hydrogen) atoms. The highest BCUT2D eigenvalue weighted by Gasteiger charge is 2.21. The Kier molecular flexibility index (Phi) is 3.69. The average molecular weight is 335 g/mol. The molecule has 2 N–H and O–H groups in total. The fourth-order valence-electron chi connectivity index (χ4n) is 2.26. The van der Waals surface area contributed by atoms with E-state index < -0.39 is 23.2 Å². The molecule has 0 bridgehead atoms. The first kappa shape index (κ1) is 15.3. The van der Waals surface area contributed by atoms with Gasteiger partial charge in [-0.3, -0.25) is 9.59 Å². The molecule has 2 heterocycles. The fraction of sp³-hybridized carbons (Fsp3) is 0.133. The van der Waals surface area contributed by atoms with Crippen LogP contribution in [0.15, 0.2) is 23.0 Å². The van der Waals surface area contributed by atoms with Crippen LogP contribution in [0.2, 0.25) is 0 Å². The van der Waals surface area contributed by atoms with Gasteiger partial charge in [-0.15, -0.1) is 11.3 Å². The predicted octanol–water partition coefficient (Wildman–Crippen LogP) is 3.13. The molecular formula is C15H11F2N3O2S. The summed E-state index contributed by atoms with van der Waals surface area (Å²) in [5.41, 5.74) is -0.447. The molecule has 0 aliphatic rings. The number of nitrogens with zero attached hydrogens (tertiary/aromatic N) is 1. The second-order valence-corrected chi connectivity index (χ2v) is 5.94. The van der Waals surface area contributed by atoms with Crippen molar-refractivity contribution in [3.8, 4) is 0 Å². The summed E-state index contributed by atoms with van der Waals surface area (Å²) in [6.07, 6.45) is 0. The molecule has 3 rings (SSSR count). The number of hydrogen-bond acceptors (Lipinski definition) is 4. The molecule has 0 saturated carbocycles. The molecule has 1 amide bonds. The number of nitrogens with one attached hydrogen (secondary N) is 2. The second kappa shape index (κ2) is 5.54. The molecule has 0 unspecified atom stereocenters. The van der Waals surface area contributed by atoms with E-state index in [0.717, 1.165) is 23.5 Å². The number of rotatable bonds is 2. The standard InChI is InChI=1S/C15H11F2N3O2S/c1-6-10-13(21)18-7(2)19-15(10)23-12(6)14(22)20-11-8(16)4-3-5-9(11)17/h3-5H,1-2H3,(H,20,22)(H,18,19,21). The van der Waals surface area contributed by atoms with Crippen LogP contribution < -0.4 is 10.9 Å². The van der Waals surface area contributed by atoms with E-state index in [2.05, 4.69) is 15.3 Å². The van der Waals surface area contributed by atoms with E-state index >= 15 is 0 Å². The van der Waals surface area contributed by atoms with Crippen molar-refractivity contribution < 1.29 is 13.6 Å². The maximum absolute atomic E-state index is 13.6. The van der Waals surface area contributed by atoms with Crippen molar-refractivity contribution in [2.45, 2.75) is 13.8 Å². The Hall–Kier alpha value is -2.61. The molecule has 0 fully saturated rings. The van der Waals surface area contributed by atoms with Gasteiger partial charge in [-0.1, -0.05) is 6.07 Å². The number of aryl methyl sites for hydroxylation is 2. The Bertz CT molecular complexity index is 974. The van der Waals surface area contributed by atoms with Gasteiger partial charge in [0, 0.05) is 0 Å². The summed E-state index contributed by atoms with van der Waals surface area (Å²) in [6.45, 7) is 3.22. The Morgan fingerprint density at radius 3 is 2.57 bits per heavy atom. The predicted molar refractivity (Wildman–Crippen MR) is 84.0 cm³/mol. The Morgan fingerprint density at radius 2 is 1.91 bits per heavy atom. The number of H-pyrrole nitrogens is 1. The summed E-state index contributed by atoms with van der Waals surface area (Å²) in [7, 11) is 0. The van der Waals surface area contributed by atoms with Crippen molar-refractivity contribution in [3.05, 3.63) is 56.5 Å². The van der Waals surface area contributed by atoms with E-state index in [1.165, 1.54) is 6.07 Å². The zero-order valence-corrected chi connectivity index (χ0v) is 13.0. The van der Waals surface area contributed by atoms with E-state index in [4.69, 9.17) is 0 Å². The number of carbonyl (C=O) groups is 1. The van der Waals surface area contributed by atoms with Crippen LogP contribution in [-0.4, -0.2) is 15.9 Å². The highest BCUT2D eigenvalue weighted by molar-refractivity contribution is 7.20. The van der Waals surface area contributed by atoms with Gasteiger partial charge in [0.15, 0.2) is 0 Å². The molecule has 118 valence electrons. The van der Waals surface area contributed by atoms with E-state index in [1.54, 1.807) is 13.8 Å². The van der Waals surface area contributed by atoms with Crippen LogP contribution in [-0.2, 0) is 0 Å². The number of amides is 1. The molecule has 8 heteroatoms. The molecule has 2 aromatic heterocycles. The molecule has 0 radical (unpaired) electrons. The van der Waals surface area contributed by atoms with Crippen molar-refractivity contribution in [2.24, 2.45) is 0 Å². The van der Waals surface area contributed by atoms with Crippen molar-refractivity contribution in [1.82, 2.24) is 9.97 Å². The van der Waals surface area contributed by atoms with Gasteiger partial charge in [-0.25, -0.2) is 13.8 Å². The van der Waals surface area contributed by atoms with Gasteiger partial charge in [-0.2, -0.15) is 0 Å². The van der Waals surface area contributed by atoms with Crippen LogP contribution in [0.3, 0.4) is 0 Å². The van der Waals surface area contributed by atoms with Crippen molar-refractivity contribution in [2.75, 3.05) is 5.32 Å². The van der Waals surface area contributed by atoms with Gasteiger partial charge in [0.05, 0.1) is 10.3 Å². The number of fused-ring (bicyclic) bond motifs is 1. The van der Waals surface area contributed by atoms with E-state index in [1.807, 2.05) is 0 Å². The molecular weight excluding hydrogens is 324 g/mol. The minimum absolute atomic E-state index is 0.186. The number of hydrogen-bond donors (Lipinski definition) is 2. The van der Waals surface area contributed by atoms with Gasteiger partial charge in [-0.05, 0) is 31.5 Å². The molecule has 1 aromatic carbocycles. The van der Waals surface area contributed by atoms with Crippen LogP contribution in [0.4, 0.5) is 14.5 Å². The lowest BCUT2D eigenvalue weighted by molar-refractivity contribution is 0.102. The van der Waals surface area contributed by atoms with Crippen LogP contribution in [0, 0.1) is 25.5 Å². The third kappa shape index (κ3) is 2.61. The molecule has 0 spiro atoms. The molecule has 5 nitrogen and oxygen atoms in total. The summed E-state index contributed by atoms with van der Waals surface area (Å²) >= 11 is 1.00. The van der Waals surface area contributed by atoms with Crippen molar-refractivity contribution in [1.29, 1.82) is 0 Å². The van der Waals surface area contributed by atoms with Gasteiger partial charge in [0.25, 0.3) is 11.5 Å². The van der Waals surface area contributed by atoms with Crippen molar-refractivity contribution >= 4 is 33.1 Å². The quantitative estimate of drug-likeness (QED) is 0.755. The molecule has 0 aliphatic carbocycles. The number of aromatic amines is 1. The van der Waals surface area contributed by atoms with Gasteiger partial charge in [0.2, 0.25) is 0 Å². The minimum atomic E-state index is -0.871. The number of aromatic nitrogens is 2. The lowest BCUT2D eigenvalue weighted by atomic mass is 10.2. The molecule has 0 saturated heterocycles. The molecule has 3 aromatic rings. The molecule has 0 atom stereocenters. The maximum atomic E-state index is 13.6. The number of para-hydroxylation sites is 1. The first-order valence-corrected chi connectivity index (χ1v) is 7.45. The highest BCUT2D eigenvalue weighted by Crippen LogP contribution is 2.28. The van der Waals surface area contributed by atoms with Crippen LogP contribution in [0.1, 0.15) is 21.1 Å². The lowest BCUT2D eigenvalue weighted by Gasteiger charge is -2.06. The van der Waals surface area contributed by atoms with Crippen molar-refractivity contribution in [3.63, 3.8) is 0 Å². The summed E-state index contributed by atoms with van der Waals surface area (Å²) < 4.78 is 27.3. The van der Waals surface area contributed by atoms with Crippen LogP contribution >= 0.6 is 11.3 Å². The highest BCUT2D eigenvalue weighted by atomic mass is 32.1. The first-order chi connectivity index (χ1) is 10.9. The van der Waals surface area contributed by atoms with Gasteiger partial charge < -0.3 is 10.3 Å². The smallest absolute Gasteiger partial charge is 0.266 e. The number of carbonyl (C=O) groups excluding carboxylic acids is 1. The Morgan fingerprint density at radius 1 is 1.26 bits per heavy atom. The normalized spacial score (nSPS) is 11.0. The third-order valence-electron chi connectivity index (χ3n) is 3.33. The zero-order valence-electron chi connectivity index (χ0n) is 12.2. The third-order valence-corrected chi connectivity index (χ3v) is 4.51. The Labute approximate surface area is 133 Å². The van der Waals surface area contributed by atoms with Gasteiger partial charge >= 0.3 is 0 Å². The monoisotopic (exact) mass is 335 g/mol. The molecule has 0 aliphatic heterocycles. The summed E-state index contributed by atoms with van der Waals surface area (Å²) in [5.74, 6) is -2.00.